The van der Waals surface area contributed by atoms with E-state index in [4.69, 9.17) is 0 Å². The van der Waals surface area contributed by atoms with Crippen LogP contribution in [0, 0.1) is 0 Å². The Balaban J connectivity index is 1.83. The van der Waals surface area contributed by atoms with E-state index in [1.807, 2.05) is 12.3 Å². The summed E-state index contributed by atoms with van der Waals surface area (Å²) in [4.78, 5) is 5.69. The van der Waals surface area contributed by atoms with Crippen molar-refractivity contribution in [2.45, 2.75) is 6.54 Å². The van der Waals surface area contributed by atoms with Gasteiger partial charge in [-0.05, 0) is 45.6 Å². The van der Waals surface area contributed by atoms with E-state index in [-0.39, 0.29) is 0 Å². The number of fused-ring (bicyclic) bond motifs is 1. The number of pyridine rings is 1. The Hall–Kier alpha value is -0.910. The van der Waals surface area contributed by atoms with Gasteiger partial charge in [-0.2, -0.15) is 0 Å². The molecule has 0 aliphatic rings. The first-order chi connectivity index (χ1) is 8.33. The fourth-order valence-electron chi connectivity index (χ4n) is 1.65. The molecule has 0 atom stereocenters. The van der Waals surface area contributed by atoms with Crippen LogP contribution in [0.2, 0.25) is 0 Å². The van der Waals surface area contributed by atoms with Gasteiger partial charge in [0.1, 0.15) is 5.82 Å². The van der Waals surface area contributed by atoms with Crippen molar-refractivity contribution in [3.8, 4) is 0 Å². The van der Waals surface area contributed by atoms with E-state index < -0.39 is 0 Å². The number of aromatic nitrogens is 1. The van der Waals surface area contributed by atoms with Crippen LogP contribution in [0.15, 0.2) is 39.6 Å². The van der Waals surface area contributed by atoms with Gasteiger partial charge < -0.3 is 5.32 Å². The molecule has 17 heavy (non-hydrogen) atoms. The summed E-state index contributed by atoms with van der Waals surface area (Å²) >= 11 is 6.95. The van der Waals surface area contributed by atoms with Gasteiger partial charge in [0.2, 0.25) is 0 Å². The molecule has 2 nitrogen and oxygen atoms in total. The van der Waals surface area contributed by atoms with Crippen molar-refractivity contribution >= 4 is 54.5 Å². The maximum absolute atomic E-state index is 4.39. The fourth-order valence-corrected chi connectivity index (χ4v) is 3.86. The second-order valence-corrected chi connectivity index (χ2v) is 7.05. The first-order valence-corrected chi connectivity index (χ1v) is 7.62. The van der Waals surface area contributed by atoms with Gasteiger partial charge in [-0.25, -0.2) is 4.98 Å². The van der Waals surface area contributed by atoms with Crippen LogP contribution in [0.4, 0.5) is 5.82 Å². The third kappa shape index (κ3) is 2.36. The molecule has 0 saturated heterocycles. The van der Waals surface area contributed by atoms with Crippen molar-refractivity contribution in [1.82, 2.24) is 4.98 Å². The molecule has 0 aromatic carbocycles. The molecule has 3 aromatic heterocycles. The highest BCUT2D eigenvalue weighted by molar-refractivity contribution is 9.11. The fraction of sp³-hybridized carbons (Fsp3) is 0.0833. The molecule has 3 rings (SSSR count). The van der Waals surface area contributed by atoms with Crippen molar-refractivity contribution in [3.63, 3.8) is 0 Å². The van der Waals surface area contributed by atoms with Crippen molar-refractivity contribution in [2.24, 2.45) is 0 Å². The zero-order chi connectivity index (χ0) is 11.7. The largest absolute Gasteiger partial charge is 0.365 e. The second kappa shape index (κ2) is 4.76. The summed E-state index contributed by atoms with van der Waals surface area (Å²) in [5, 5.41) is 6.69. The first kappa shape index (κ1) is 11.2. The molecular formula is C12H9BrN2S2. The minimum atomic E-state index is 0.818. The zero-order valence-corrected chi connectivity index (χ0v) is 12.0. The number of rotatable bonds is 3. The topological polar surface area (TPSA) is 24.9 Å². The van der Waals surface area contributed by atoms with Crippen LogP contribution in [-0.4, -0.2) is 4.98 Å². The van der Waals surface area contributed by atoms with Crippen LogP contribution in [0.3, 0.4) is 0 Å². The van der Waals surface area contributed by atoms with Crippen molar-refractivity contribution < 1.29 is 0 Å². The Morgan fingerprint density at radius 2 is 2.18 bits per heavy atom. The minimum Gasteiger partial charge on any atom is -0.365 e. The number of thiophene rings is 2. The summed E-state index contributed by atoms with van der Waals surface area (Å²) in [6.07, 6.45) is 1.85. The van der Waals surface area contributed by atoms with Gasteiger partial charge in [-0.3, -0.25) is 0 Å². The molecule has 0 aliphatic heterocycles. The van der Waals surface area contributed by atoms with E-state index in [0.717, 1.165) is 16.1 Å². The Labute approximate surface area is 115 Å². The predicted molar refractivity (Wildman–Crippen MR) is 79.0 cm³/mol. The highest BCUT2D eigenvalue weighted by atomic mass is 79.9. The summed E-state index contributed by atoms with van der Waals surface area (Å²) in [5.41, 5.74) is 0. The molecule has 0 spiro atoms. The van der Waals surface area contributed by atoms with Gasteiger partial charge in [-0.1, -0.05) is 0 Å². The summed E-state index contributed by atoms with van der Waals surface area (Å²) in [7, 11) is 0. The average Bonchev–Trinajstić information content (AvgIpc) is 2.94. The lowest BCUT2D eigenvalue weighted by atomic mass is 10.3. The molecule has 0 radical (unpaired) electrons. The number of hydrogen-bond donors (Lipinski definition) is 1. The molecule has 0 unspecified atom stereocenters. The van der Waals surface area contributed by atoms with Crippen LogP contribution in [0.1, 0.15) is 4.88 Å². The van der Waals surface area contributed by atoms with Crippen LogP contribution >= 0.6 is 38.6 Å². The van der Waals surface area contributed by atoms with E-state index in [1.54, 1.807) is 22.7 Å². The standard InChI is InChI=1S/C12H9BrN2S2/c13-11-2-1-8(17-11)7-15-12-9-4-6-16-10(9)3-5-14-12/h1-6H,7H2,(H,14,15). The van der Waals surface area contributed by atoms with Crippen molar-refractivity contribution in [2.75, 3.05) is 5.32 Å². The lowest BCUT2D eigenvalue weighted by Crippen LogP contribution is -1.99. The quantitative estimate of drug-likeness (QED) is 0.753. The molecule has 86 valence electrons. The molecule has 0 fully saturated rings. The van der Waals surface area contributed by atoms with E-state index in [2.05, 4.69) is 49.8 Å². The molecule has 0 amide bonds. The van der Waals surface area contributed by atoms with Gasteiger partial charge in [-0.15, -0.1) is 22.7 Å². The monoisotopic (exact) mass is 324 g/mol. The summed E-state index contributed by atoms with van der Waals surface area (Å²) in [5.74, 6) is 0.966. The number of hydrogen-bond acceptors (Lipinski definition) is 4. The molecule has 3 heterocycles. The van der Waals surface area contributed by atoms with Gasteiger partial charge in [0, 0.05) is 21.2 Å². The van der Waals surface area contributed by atoms with Gasteiger partial charge >= 0.3 is 0 Å². The molecular weight excluding hydrogens is 316 g/mol. The number of nitrogens with zero attached hydrogens (tertiary/aromatic N) is 1. The van der Waals surface area contributed by atoms with Crippen LogP contribution in [0.25, 0.3) is 10.1 Å². The van der Waals surface area contributed by atoms with Crippen LogP contribution in [0.5, 0.6) is 0 Å². The molecule has 0 bridgehead atoms. The Morgan fingerprint density at radius 1 is 1.24 bits per heavy atom. The van der Waals surface area contributed by atoms with Crippen molar-refractivity contribution in [3.05, 3.63) is 44.5 Å². The Kier molecular flexibility index (Phi) is 3.13. The third-order valence-electron chi connectivity index (χ3n) is 2.44. The summed E-state index contributed by atoms with van der Waals surface area (Å²) in [6.45, 7) is 0.818. The maximum atomic E-state index is 4.39. The minimum absolute atomic E-state index is 0.818. The van der Waals surface area contributed by atoms with Gasteiger partial charge in [0.05, 0.1) is 10.3 Å². The van der Waals surface area contributed by atoms with E-state index in [9.17, 15) is 0 Å². The van der Waals surface area contributed by atoms with E-state index in [0.29, 0.717) is 0 Å². The summed E-state index contributed by atoms with van der Waals surface area (Å²) in [6, 6.07) is 8.35. The molecule has 5 heteroatoms. The molecule has 0 aliphatic carbocycles. The third-order valence-corrected chi connectivity index (χ3v) is 4.94. The van der Waals surface area contributed by atoms with Crippen molar-refractivity contribution in [1.29, 1.82) is 0 Å². The zero-order valence-electron chi connectivity index (χ0n) is 8.81. The Bertz CT molecular complexity index is 645. The van der Waals surface area contributed by atoms with E-state index in [1.165, 1.54) is 15.0 Å². The molecule has 0 saturated carbocycles. The molecule has 3 aromatic rings. The number of nitrogens with one attached hydrogen (secondary N) is 1. The lowest BCUT2D eigenvalue weighted by Gasteiger charge is -2.04. The highest BCUT2D eigenvalue weighted by Gasteiger charge is 2.03. The maximum Gasteiger partial charge on any atom is 0.134 e. The molecule has 1 N–H and O–H groups in total. The lowest BCUT2D eigenvalue weighted by molar-refractivity contribution is 1.15. The Morgan fingerprint density at radius 3 is 3.00 bits per heavy atom. The normalized spacial score (nSPS) is 10.9. The predicted octanol–water partition coefficient (Wildman–Crippen LogP) is 4.73. The second-order valence-electron chi connectivity index (χ2n) is 3.55. The van der Waals surface area contributed by atoms with Gasteiger partial charge in [0.25, 0.3) is 0 Å². The smallest absolute Gasteiger partial charge is 0.134 e. The average molecular weight is 325 g/mol. The van der Waals surface area contributed by atoms with Gasteiger partial charge in [0.15, 0.2) is 0 Å². The van der Waals surface area contributed by atoms with Crippen LogP contribution < -0.4 is 5.32 Å². The van der Waals surface area contributed by atoms with E-state index >= 15 is 0 Å². The number of halogens is 1. The van der Waals surface area contributed by atoms with Crippen LogP contribution in [-0.2, 0) is 6.54 Å². The summed E-state index contributed by atoms with van der Waals surface area (Å²) < 4.78 is 2.44. The first-order valence-electron chi connectivity index (χ1n) is 5.13. The SMILES string of the molecule is Brc1ccc(CNc2nccc3sccc23)s1. The highest BCUT2D eigenvalue weighted by Crippen LogP contribution is 2.27. The number of anilines is 1.